The molecule has 1 nitrogen and oxygen atoms in total. The van der Waals surface area contributed by atoms with Gasteiger partial charge in [-0.1, -0.05) is 47.5 Å². The molecule has 0 bridgehead atoms. The van der Waals surface area contributed by atoms with E-state index in [0.29, 0.717) is 23.0 Å². The van der Waals surface area contributed by atoms with Crippen molar-refractivity contribution < 1.29 is 4.39 Å². The van der Waals surface area contributed by atoms with Crippen molar-refractivity contribution >= 4 is 23.2 Å². The molecule has 0 aliphatic carbocycles. The van der Waals surface area contributed by atoms with Crippen molar-refractivity contribution in [2.45, 2.75) is 12.3 Å². The Bertz CT molecular complexity index is 572. The maximum Gasteiger partial charge on any atom is 0.124 e. The summed E-state index contributed by atoms with van der Waals surface area (Å²) in [5, 5.41) is 1.11. The molecule has 2 N–H and O–H groups in total. The standard InChI is InChI=1S/C15H14Cl2FN/c16-14-4-2-1-3-13(14)11(9-19)7-10-5-6-12(18)8-15(10)17/h1-6,8,11H,7,9,19H2. The third kappa shape index (κ3) is 3.47. The van der Waals surface area contributed by atoms with Gasteiger partial charge in [0, 0.05) is 16.0 Å². The molecule has 1 atom stereocenters. The lowest BCUT2D eigenvalue weighted by molar-refractivity contribution is 0.625. The van der Waals surface area contributed by atoms with Gasteiger partial charge in [0.1, 0.15) is 5.82 Å². The second-order valence-corrected chi connectivity index (χ2v) is 5.21. The summed E-state index contributed by atoms with van der Waals surface area (Å²) < 4.78 is 13.0. The van der Waals surface area contributed by atoms with Crippen LogP contribution in [0.2, 0.25) is 10.0 Å². The quantitative estimate of drug-likeness (QED) is 0.888. The van der Waals surface area contributed by atoms with E-state index >= 15 is 0 Å². The Morgan fingerprint density at radius 2 is 1.79 bits per heavy atom. The van der Waals surface area contributed by atoms with Crippen molar-refractivity contribution in [3.63, 3.8) is 0 Å². The highest BCUT2D eigenvalue weighted by Gasteiger charge is 2.15. The van der Waals surface area contributed by atoms with E-state index in [9.17, 15) is 4.39 Å². The summed E-state index contributed by atoms with van der Waals surface area (Å²) in [5.74, 6) is -0.271. The maximum absolute atomic E-state index is 13.0. The molecular weight excluding hydrogens is 284 g/mol. The van der Waals surface area contributed by atoms with Gasteiger partial charge < -0.3 is 5.73 Å². The first kappa shape index (κ1) is 14.3. The molecule has 0 heterocycles. The molecule has 2 aromatic rings. The van der Waals surface area contributed by atoms with Crippen LogP contribution in [0.4, 0.5) is 4.39 Å². The van der Waals surface area contributed by atoms with Crippen LogP contribution in [0, 0.1) is 5.82 Å². The number of halogens is 3. The second kappa shape index (κ2) is 6.38. The summed E-state index contributed by atoms with van der Waals surface area (Å²) in [6.07, 6.45) is 0.638. The van der Waals surface area contributed by atoms with Gasteiger partial charge in [0.05, 0.1) is 0 Å². The summed E-state index contributed by atoms with van der Waals surface area (Å²) in [4.78, 5) is 0. The van der Waals surface area contributed by atoms with Crippen LogP contribution >= 0.6 is 23.2 Å². The van der Waals surface area contributed by atoms with Crippen molar-refractivity contribution in [2.75, 3.05) is 6.54 Å². The topological polar surface area (TPSA) is 26.0 Å². The number of benzene rings is 2. The Labute approximate surface area is 122 Å². The Balaban J connectivity index is 2.27. The number of hydrogen-bond donors (Lipinski definition) is 1. The third-order valence-corrected chi connectivity index (χ3v) is 3.81. The smallest absolute Gasteiger partial charge is 0.124 e. The molecule has 0 fully saturated rings. The van der Waals surface area contributed by atoms with E-state index in [1.807, 2.05) is 24.3 Å². The van der Waals surface area contributed by atoms with Crippen LogP contribution in [-0.4, -0.2) is 6.54 Å². The zero-order valence-electron chi connectivity index (χ0n) is 10.2. The van der Waals surface area contributed by atoms with E-state index in [1.165, 1.54) is 12.1 Å². The first-order chi connectivity index (χ1) is 9.11. The molecule has 19 heavy (non-hydrogen) atoms. The average molecular weight is 298 g/mol. The van der Waals surface area contributed by atoms with Gasteiger partial charge in [-0.15, -0.1) is 0 Å². The lowest BCUT2D eigenvalue weighted by Crippen LogP contribution is -2.15. The molecular formula is C15H14Cl2FN. The van der Waals surface area contributed by atoms with Gasteiger partial charge >= 0.3 is 0 Å². The summed E-state index contributed by atoms with van der Waals surface area (Å²) >= 11 is 12.2. The van der Waals surface area contributed by atoms with Crippen LogP contribution < -0.4 is 5.73 Å². The van der Waals surface area contributed by atoms with Gasteiger partial charge in [0.15, 0.2) is 0 Å². The molecule has 0 aliphatic heterocycles. The van der Waals surface area contributed by atoms with Crippen LogP contribution in [0.5, 0.6) is 0 Å². The van der Waals surface area contributed by atoms with Gasteiger partial charge in [0.25, 0.3) is 0 Å². The van der Waals surface area contributed by atoms with Crippen molar-refractivity contribution in [3.05, 3.63) is 69.5 Å². The van der Waals surface area contributed by atoms with E-state index in [0.717, 1.165) is 11.1 Å². The third-order valence-electron chi connectivity index (χ3n) is 3.11. The average Bonchev–Trinajstić information content (AvgIpc) is 2.39. The normalized spacial score (nSPS) is 12.4. The zero-order chi connectivity index (χ0) is 13.8. The molecule has 4 heteroatoms. The molecule has 0 amide bonds. The van der Waals surface area contributed by atoms with Crippen LogP contribution in [-0.2, 0) is 6.42 Å². The van der Waals surface area contributed by atoms with Gasteiger partial charge in [-0.05, 0) is 42.3 Å². The molecule has 1 unspecified atom stereocenters. The lowest BCUT2D eigenvalue weighted by atomic mass is 9.92. The van der Waals surface area contributed by atoms with E-state index in [2.05, 4.69) is 0 Å². The molecule has 0 spiro atoms. The number of rotatable bonds is 4. The predicted octanol–water partition coefficient (Wildman–Crippen LogP) is 4.42. The molecule has 100 valence electrons. The van der Waals surface area contributed by atoms with Crippen molar-refractivity contribution in [1.29, 1.82) is 0 Å². The minimum atomic E-state index is -0.337. The highest BCUT2D eigenvalue weighted by molar-refractivity contribution is 6.31. The number of hydrogen-bond acceptors (Lipinski definition) is 1. The van der Waals surface area contributed by atoms with E-state index in [1.54, 1.807) is 6.07 Å². The first-order valence-electron chi connectivity index (χ1n) is 6.00. The van der Waals surface area contributed by atoms with Crippen molar-refractivity contribution in [1.82, 2.24) is 0 Å². The fraction of sp³-hybridized carbons (Fsp3) is 0.200. The molecule has 0 saturated heterocycles. The molecule has 2 aromatic carbocycles. The summed E-state index contributed by atoms with van der Waals surface area (Å²) in [6.45, 7) is 0.456. The SMILES string of the molecule is NCC(Cc1ccc(F)cc1Cl)c1ccccc1Cl. The minimum absolute atomic E-state index is 0.0664. The second-order valence-electron chi connectivity index (χ2n) is 4.39. The molecule has 0 aliphatic rings. The van der Waals surface area contributed by atoms with Crippen molar-refractivity contribution in [2.24, 2.45) is 5.73 Å². The monoisotopic (exact) mass is 297 g/mol. The fourth-order valence-electron chi connectivity index (χ4n) is 2.08. The summed E-state index contributed by atoms with van der Waals surface area (Å²) in [7, 11) is 0. The van der Waals surface area contributed by atoms with Gasteiger partial charge in [0.2, 0.25) is 0 Å². The van der Waals surface area contributed by atoms with E-state index in [4.69, 9.17) is 28.9 Å². The Morgan fingerprint density at radius 1 is 1.05 bits per heavy atom. The predicted molar refractivity (Wildman–Crippen MR) is 78.4 cm³/mol. The van der Waals surface area contributed by atoms with Crippen LogP contribution in [0.3, 0.4) is 0 Å². The molecule has 0 radical (unpaired) electrons. The molecule has 2 rings (SSSR count). The first-order valence-corrected chi connectivity index (χ1v) is 6.76. The van der Waals surface area contributed by atoms with Crippen LogP contribution in [0.1, 0.15) is 17.0 Å². The fourth-order valence-corrected chi connectivity index (χ4v) is 2.61. The largest absolute Gasteiger partial charge is 0.330 e. The zero-order valence-corrected chi connectivity index (χ0v) is 11.8. The summed E-state index contributed by atoms with van der Waals surface area (Å²) in [6, 6.07) is 12.0. The molecule has 0 aromatic heterocycles. The number of nitrogens with two attached hydrogens (primary N) is 1. The van der Waals surface area contributed by atoms with Crippen LogP contribution in [0.15, 0.2) is 42.5 Å². The Morgan fingerprint density at radius 3 is 2.42 bits per heavy atom. The van der Waals surface area contributed by atoms with E-state index in [-0.39, 0.29) is 11.7 Å². The Kier molecular flexibility index (Phi) is 4.81. The van der Waals surface area contributed by atoms with E-state index < -0.39 is 0 Å². The highest BCUT2D eigenvalue weighted by Crippen LogP contribution is 2.29. The minimum Gasteiger partial charge on any atom is -0.330 e. The van der Waals surface area contributed by atoms with Gasteiger partial charge in [-0.3, -0.25) is 0 Å². The molecule has 0 saturated carbocycles. The van der Waals surface area contributed by atoms with Gasteiger partial charge in [-0.25, -0.2) is 4.39 Å². The highest BCUT2D eigenvalue weighted by atomic mass is 35.5. The van der Waals surface area contributed by atoms with Crippen molar-refractivity contribution in [3.8, 4) is 0 Å². The summed E-state index contributed by atoms with van der Waals surface area (Å²) in [5.41, 5.74) is 7.69. The van der Waals surface area contributed by atoms with Crippen LogP contribution in [0.25, 0.3) is 0 Å². The Hall–Kier alpha value is -1.09. The van der Waals surface area contributed by atoms with Gasteiger partial charge in [-0.2, -0.15) is 0 Å². The lowest BCUT2D eigenvalue weighted by Gasteiger charge is -2.17. The maximum atomic E-state index is 13.0.